The zero-order valence-electron chi connectivity index (χ0n) is 17.0. The number of hydrogen-bond acceptors (Lipinski definition) is 6. The van der Waals surface area contributed by atoms with E-state index in [1.807, 2.05) is 24.4 Å². The summed E-state index contributed by atoms with van der Waals surface area (Å²) in [5, 5.41) is 12.5. The molecule has 1 aromatic carbocycles. The van der Waals surface area contributed by atoms with Crippen molar-refractivity contribution in [3.63, 3.8) is 0 Å². The highest BCUT2D eigenvalue weighted by Gasteiger charge is 2.21. The number of amides is 1. The van der Waals surface area contributed by atoms with E-state index in [-0.39, 0.29) is 5.91 Å². The average molecular weight is 428 g/mol. The molecule has 3 heterocycles. The molecule has 152 valence electrons. The van der Waals surface area contributed by atoms with Crippen LogP contribution in [0.25, 0.3) is 0 Å². The fourth-order valence-electron chi connectivity index (χ4n) is 3.55. The summed E-state index contributed by atoms with van der Waals surface area (Å²) < 4.78 is 2.25. The quantitative estimate of drug-likeness (QED) is 0.533. The molecule has 0 saturated heterocycles. The van der Waals surface area contributed by atoms with E-state index in [4.69, 9.17) is 4.98 Å². The lowest BCUT2D eigenvalue weighted by atomic mass is 10.1. The molecule has 0 aliphatic carbocycles. The summed E-state index contributed by atoms with van der Waals surface area (Å²) in [6, 6.07) is 6.02. The Morgan fingerprint density at radius 3 is 2.93 bits per heavy atom. The average Bonchev–Trinajstić information content (AvgIpc) is 3.24. The number of nitrogens with zero attached hydrogens (tertiary/aromatic N) is 5. The minimum atomic E-state index is -0.0324. The molecule has 0 saturated carbocycles. The second kappa shape index (κ2) is 8.67. The van der Waals surface area contributed by atoms with Crippen LogP contribution in [-0.2, 0) is 23.5 Å². The Morgan fingerprint density at radius 2 is 2.10 bits per heavy atom. The molecule has 0 N–H and O–H groups in total. The van der Waals surface area contributed by atoms with E-state index in [1.54, 1.807) is 23.6 Å². The third kappa shape index (κ3) is 4.23. The summed E-state index contributed by atoms with van der Waals surface area (Å²) in [5.41, 5.74) is 4.11. The second-order valence-electron chi connectivity index (χ2n) is 7.34. The minimum absolute atomic E-state index is 0.0324. The number of anilines is 2. The largest absolute Gasteiger partial charge is 0.306 e. The number of rotatable bonds is 5. The molecule has 0 atom stereocenters. The van der Waals surface area contributed by atoms with Gasteiger partial charge in [-0.05, 0) is 43.9 Å². The van der Waals surface area contributed by atoms with Crippen molar-refractivity contribution in [3.8, 4) is 0 Å². The molecule has 8 heteroatoms. The molecule has 29 heavy (non-hydrogen) atoms. The first-order chi connectivity index (χ1) is 14.0. The molecule has 0 unspecified atom stereocenters. The first kappa shape index (κ1) is 20.1. The van der Waals surface area contributed by atoms with Gasteiger partial charge >= 0.3 is 0 Å². The van der Waals surface area contributed by atoms with Crippen molar-refractivity contribution >= 4 is 39.8 Å². The Morgan fingerprint density at radius 1 is 1.24 bits per heavy atom. The zero-order chi connectivity index (χ0) is 20.4. The van der Waals surface area contributed by atoms with Gasteiger partial charge in [0.2, 0.25) is 5.91 Å². The summed E-state index contributed by atoms with van der Waals surface area (Å²) in [5.74, 6) is 1.78. The van der Waals surface area contributed by atoms with Crippen LogP contribution < -0.4 is 4.90 Å². The van der Waals surface area contributed by atoms with Crippen molar-refractivity contribution in [2.75, 3.05) is 4.90 Å². The van der Waals surface area contributed by atoms with Crippen LogP contribution in [0.5, 0.6) is 0 Å². The van der Waals surface area contributed by atoms with Crippen LogP contribution in [0, 0.1) is 13.8 Å². The van der Waals surface area contributed by atoms with E-state index in [0.717, 1.165) is 46.5 Å². The number of hydrogen-bond donors (Lipinski definition) is 0. The Labute approximate surface area is 179 Å². The molecule has 2 aromatic heterocycles. The second-order valence-corrected chi connectivity index (χ2v) is 9.12. The lowest BCUT2D eigenvalue weighted by Crippen LogP contribution is -2.23. The zero-order valence-corrected chi connectivity index (χ0v) is 18.6. The SMILES string of the molecule is CC(=O)N(c1nc(CSc2nnc3n2CCCCC3)cs1)c1cccc(C)c1C. The van der Waals surface area contributed by atoms with Crippen molar-refractivity contribution < 1.29 is 4.79 Å². The van der Waals surface area contributed by atoms with Crippen LogP contribution in [0.1, 0.15) is 48.8 Å². The lowest BCUT2D eigenvalue weighted by Gasteiger charge is -2.21. The smallest absolute Gasteiger partial charge is 0.230 e. The van der Waals surface area contributed by atoms with Gasteiger partial charge in [-0.25, -0.2) is 4.98 Å². The van der Waals surface area contributed by atoms with Crippen LogP contribution >= 0.6 is 23.1 Å². The van der Waals surface area contributed by atoms with Crippen molar-refractivity contribution in [3.05, 3.63) is 46.2 Å². The molecule has 0 spiro atoms. The Kier molecular flexibility index (Phi) is 6.01. The van der Waals surface area contributed by atoms with Gasteiger partial charge in [0.25, 0.3) is 0 Å². The van der Waals surface area contributed by atoms with Gasteiger partial charge in [-0.15, -0.1) is 21.5 Å². The molecule has 4 rings (SSSR count). The summed E-state index contributed by atoms with van der Waals surface area (Å²) in [6.45, 7) is 6.69. The van der Waals surface area contributed by atoms with E-state index >= 15 is 0 Å². The van der Waals surface area contributed by atoms with Gasteiger partial charge in [-0.3, -0.25) is 9.69 Å². The number of thioether (sulfide) groups is 1. The molecule has 0 fully saturated rings. The van der Waals surface area contributed by atoms with Crippen molar-refractivity contribution in [1.82, 2.24) is 19.7 Å². The number of carbonyl (C=O) groups is 1. The maximum atomic E-state index is 12.4. The molecule has 1 amide bonds. The standard InChI is InChI=1S/C21H25N5OS2/c1-14-8-7-9-18(15(14)2)26(16(3)27)20-22-17(12-28-20)13-29-21-24-23-19-10-5-4-6-11-25(19)21/h7-9,12H,4-6,10-11,13H2,1-3H3. The summed E-state index contributed by atoms with van der Waals surface area (Å²) in [4.78, 5) is 18.9. The van der Waals surface area contributed by atoms with Gasteiger partial charge < -0.3 is 4.57 Å². The fourth-order valence-corrected chi connectivity index (χ4v) is 5.42. The molecule has 6 nitrogen and oxygen atoms in total. The maximum absolute atomic E-state index is 12.4. The summed E-state index contributed by atoms with van der Waals surface area (Å²) >= 11 is 3.17. The molecule has 3 aromatic rings. The molecule has 0 bridgehead atoms. The Bertz CT molecular complexity index is 1030. The van der Waals surface area contributed by atoms with Gasteiger partial charge in [-0.2, -0.15) is 0 Å². The number of benzene rings is 1. The van der Waals surface area contributed by atoms with E-state index in [2.05, 4.69) is 27.8 Å². The highest BCUT2D eigenvalue weighted by atomic mass is 32.2. The van der Waals surface area contributed by atoms with Gasteiger partial charge in [-0.1, -0.05) is 30.3 Å². The van der Waals surface area contributed by atoms with Crippen LogP contribution in [0.2, 0.25) is 0 Å². The first-order valence-electron chi connectivity index (χ1n) is 9.91. The monoisotopic (exact) mass is 427 g/mol. The molecular formula is C21H25N5OS2. The number of aryl methyl sites for hydroxylation is 2. The minimum Gasteiger partial charge on any atom is -0.306 e. The van der Waals surface area contributed by atoms with E-state index in [9.17, 15) is 4.79 Å². The summed E-state index contributed by atoms with van der Waals surface area (Å²) in [6.07, 6.45) is 4.64. The summed E-state index contributed by atoms with van der Waals surface area (Å²) in [7, 11) is 0. The molecule has 1 aliphatic heterocycles. The van der Waals surface area contributed by atoms with Gasteiger partial charge in [0.15, 0.2) is 10.3 Å². The Hall–Kier alpha value is -2.19. The van der Waals surface area contributed by atoms with Gasteiger partial charge in [0, 0.05) is 31.0 Å². The predicted octanol–water partition coefficient (Wildman–Crippen LogP) is 5.05. The van der Waals surface area contributed by atoms with Crippen LogP contribution in [0.4, 0.5) is 10.8 Å². The molecule has 0 radical (unpaired) electrons. The third-order valence-corrected chi connectivity index (χ3v) is 7.16. The maximum Gasteiger partial charge on any atom is 0.230 e. The van der Waals surface area contributed by atoms with E-state index < -0.39 is 0 Å². The topological polar surface area (TPSA) is 63.9 Å². The number of thiazole rings is 1. The van der Waals surface area contributed by atoms with Gasteiger partial charge in [0.1, 0.15) is 5.82 Å². The van der Waals surface area contributed by atoms with Crippen molar-refractivity contribution in [1.29, 1.82) is 0 Å². The number of fused-ring (bicyclic) bond motifs is 1. The van der Waals surface area contributed by atoms with Crippen molar-refractivity contribution in [2.24, 2.45) is 0 Å². The number of aromatic nitrogens is 4. The lowest BCUT2D eigenvalue weighted by molar-refractivity contribution is -0.115. The number of carbonyl (C=O) groups excluding carboxylic acids is 1. The first-order valence-corrected chi connectivity index (χ1v) is 11.8. The Balaban J connectivity index is 1.52. The van der Waals surface area contributed by atoms with Crippen LogP contribution in [-0.4, -0.2) is 25.7 Å². The van der Waals surface area contributed by atoms with E-state index in [1.165, 1.54) is 30.6 Å². The normalized spacial score (nSPS) is 13.8. The predicted molar refractivity (Wildman–Crippen MR) is 118 cm³/mol. The van der Waals surface area contributed by atoms with E-state index in [0.29, 0.717) is 10.9 Å². The van der Waals surface area contributed by atoms with Crippen molar-refractivity contribution in [2.45, 2.75) is 63.9 Å². The van der Waals surface area contributed by atoms with Gasteiger partial charge in [0.05, 0.1) is 11.4 Å². The highest BCUT2D eigenvalue weighted by Crippen LogP contribution is 2.34. The molecular weight excluding hydrogens is 402 g/mol. The fraction of sp³-hybridized carbons (Fsp3) is 0.429. The van der Waals surface area contributed by atoms with Crippen LogP contribution in [0.15, 0.2) is 28.7 Å². The third-order valence-electron chi connectivity index (χ3n) is 5.29. The highest BCUT2D eigenvalue weighted by molar-refractivity contribution is 7.98. The van der Waals surface area contributed by atoms with Crippen LogP contribution in [0.3, 0.4) is 0 Å². The molecule has 1 aliphatic rings.